The van der Waals surface area contributed by atoms with E-state index >= 15 is 0 Å². The molecule has 6 nitrogen and oxygen atoms in total. The van der Waals surface area contributed by atoms with Gasteiger partial charge in [-0.05, 0) is 49.2 Å². The van der Waals surface area contributed by atoms with Gasteiger partial charge in [-0.15, -0.1) is 0 Å². The molecule has 0 saturated carbocycles. The van der Waals surface area contributed by atoms with Crippen molar-refractivity contribution >= 4 is 11.8 Å². The van der Waals surface area contributed by atoms with E-state index in [4.69, 9.17) is 4.74 Å². The quantitative estimate of drug-likeness (QED) is 0.497. The SMILES string of the molecule is CCCCN(Cc1cccn1C)C(=O)CN(CCCOC)C(=O)c1ccc(F)cc1. The average Bonchev–Trinajstić information content (AvgIpc) is 3.14. The fourth-order valence-electron chi connectivity index (χ4n) is 3.19. The maximum atomic E-state index is 13.2. The number of halogens is 1. The normalized spacial score (nSPS) is 10.8. The Bertz CT molecular complexity index is 804. The lowest BCUT2D eigenvalue weighted by Gasteiger charge is -2.28. The minimum absolute atomic E-state index is 0.0198. The van der Waals surface area contributed by atoms with Gasteiger partial charge >= 0.3 is 0 Å². The highest BCUT2D eigenvalue weighted by Crippen LogP contribution is 2.11. The van der Waals surface area contributed by atoms with Crippen molar-refractivity contribution in [3.05, 3.63) is 59.7 Å². The summed E-state index contributed by atoms with van der Waals surface area (Å²) in [6.45, 7) is 4.08. The molecule has 0 aliphatic carbocycles. The molecular weight excluding hydrogens is 385 g/mol. The molecular formula is C23H32FN3O3. The van der Waals surface area contributed by atoms with Crippen molar-refractivity contribution in [3.8, 4) is 0 Å². The van der Waals surface area contributed by atoms with Crippen LogP contribution in [0.15, 0.2) is 42.6 Å². The first-order valence-electron chi connectivity index (χ1n) is 10.4. The van der Waals surface area contributed by atoms with Crippen LogP contribution in [0.4, 0.5) is 4.39 Å². The number of unbranched alkanes of at least 4 members (excludes halogenated alkanes) is 1. The van der Waals surface area contributed by atoms with E-state index in [1.807, 2.05) is 29.9 Å². The molecule has 30 heavy (non-hydrogen) atoms. The van der Waals surface area contributed by atoms with E-state index in [0.717, 1.165) is 18.5 Å². The molecule has 2 amide bonds. The van der Waals surface area contributed by atoms with Crippen molar-refractivity contribution in [2.75, 3.05) is 33.4 Å². The first kappa shape index (κ1) is 23.6. The van der Waals surface area contributed by atoms with E-state index in [9.17, 15) is 14.0 Å². The highest BCUT2D eigenvalue weighted by molar-refractivity contribution is 5.96. The monoisotopic (exact) mass is 417 g/mol. The molecule has 7 heteroatoms. The summed E-state index contributed by atoms with van der Waals surface area (Å²) in [6.07, 6.45) is 4.44. The second-order valence-electron chi connectivity index (χ2n) is 7.36. The molecule has 0 spiro atoms. The zero-order valence-corrected chi connectivity index (χ0v) is 18.1. The number of hydrogen-bond donors (Lipinski definition) is 0. The van der Waals surface area contributed by atoms with Gasteiger partial charge in [0, 0.05) is 51.3 Å². The minimum Gasteiger partial charge on any atom is -0.385 e. The second kappa shape index (κ2) is 12.1. The number of amides is 2. The van der Waals surface area contributed by atoms with Crippen molar-refractivity contribution in [1.82, 2.24) is 14.4 Å². The number of benzene rings is 1. The van der Waals surface area contributed by atoms with Crippen LogP contribution in [0.2, 0.25) is 0 Å². The predicted molar refractivity (Wildman–Crippen MR) is 115 cm³/mol. The van der Waals surface area contributed by atoms with E-state index in [1.165, 1.54) is 29.2 Å². The van der Waals surface area contributed by atoms with E-state index < -0.39 is 5.82 Å². The molecule has 164 valence electrons. The lowest BCUT2D eigenvalue weighted by molar-refractivity contribution is -0.132. The zero-order valence-electron chi connectivity index (χ0n) is 18.1. The topological polar surface area (TPSA) is 54.8 Å². The summed E-state index contributed by atoms with van der Waals surface area (Å²) in [4.78, 5) is 29.5. The van der Waals surface area contributed by atoms with Crippen molar-refractivity contribution in [1.29, 1.82) is 0 Å². The Kier molecular flexibility index (Phi) is 9.54. The molecule has 1 heterocycles. The number of nitrogens with zero attached hydrogens (tertiary/aromatic N) is 3. The smallest absolute Gasteiger partial charge is 0.254 e. The van der Waals surface area contributed by atoms with Gasteiger partial charge in [-0.2, -0.15) is 0 Å². The third kappa shape index (κ3) is 6.99. The van der Waals surface area contributed by atoms with Crippen LogP contribution in [0.3, 0.4) is 0 Å². The first-order chi connectivity index (χ1) is 14.5. The molecule has 2 aromatic rings. The van der Waals surface area contributed by atoms with Crippen molar-refractivity contribution in [3.63, 3.8) is 0 Å². The Hall–Kier alpha value is -2.67. The highest BCUT2D eigenvalue weighted by atomic mass is 19.1. The molecule has 1 aromatic heterocycles. The van der Waals surface area contributed by atoms with Crippen LogP contribution in [0.5, 0.6) is 0 Å². The number of rotatable bonds is 12. The average molecular weight is 418 g/mol. The fraction of sp³-hybridized carbons (Fsp3) is 0.478. The number of carbonyl (C=O) groups excluding carboxylic acids is 2. The molecule has 0 aliphatic heterocycles. The molecule has 0 N–H and O–H groups in total. The summed E-state index contributed by atoms with van der Waals surface area (Å²) in [5.74, 6) is -0.784. The van der Waals surface area contributed by atoms with Gasteiger partial charge in [0.05, 0.1) is 6.54 Å². The van der Waals surface area contributed by atoms with Gasteiger partial charge in [-0.1, -0.05) is 13.3 Å². The standard InChI is InChI=1S/C23H32FN3O3/c1-4-5-14-26(17-21-8-6-13-25(21)2)22(28)18-27(15-7-16-30-3)23(29)19-9-11-20(24)12-10-19/h6,8-13H,4-5,7,14-18H2,1-3H3. The zero-order chi connectivity index (χ0) is 21.9. The Morgan fingerprint density at radius 3 is 2.37 bits per heavy atom. The van der Waals surface area contributed by atoms with Crippen LogP contribution >= 0.6 is 0 Å². The third-order valence-corrected chi connectivity index (χ3v) is 5.02. The van der Waals surface area contributed by atoms with Crippen LogP contribution in [-0.4, -0.2) is 59.5 Å². The van der Waals surface area contributed by atoms with E-state index in [0.29, 0.717) is 38.2 Å². The third-order valence-electron chi connectivity index (χ3n) is 5.02. The lowest BCUT2D eigenvalue weighted by Crippen LogP contribution is -2.43. The fourth-order valence-corrected chi connectivity index (χ4v) is 3.19. The molecule has 0 bridgehead atoms. The van der Waals surface area contributed by atoms with Crippen molar-refractivity contribution < 1.29 is 18.7 Å². The largest absolute Gasteiger partial charge is 0.385 e. The van der Waals surface area contributed by atoms with Crippen molar-refractivity contribution in [2.45, 2.75) is 32.7 Å². The summed E-state index contributed by atoms with van der Waals surface area (Å²) < 4.78 is 20.3. The number of aromatic nitrogens is 1. The van der Waals surface area contributed by atoms with Gasteiger partial charge < -0.3 is 19.1 Å². The van der Waals surface area contributed by atoms with Gasteiger partial charge in [-0.3, -0.25) is 9.59 Å². The van der Waals surface area contributed by atoms with Crippen LogP contribution in [0, 0.1) is 5.82 Å². The molecule has 0 radical (unpaired) electrons. The molecule has 1 aromatic carbocycles. The van der Waals surface area contributed by atoms with Gasteiger partial charge in [0.15, 0.2) is 0 Å². The Labute approximate surface area is 178 Å². The molecule has 0 atom stereocenters. The molecule has 0 aliphatic rings. The number of hydrogen-bond acceptors (Lipinski definition) is 3. The van der Waals surface area contributed by atoms with Crippen LogP contribution in [0.25, 0.3) is 0 Å². The summed E-state index contributed by atoms with van der Waals surface area (Å²) in [7, 11) is 3.55. The minimum atomic E-state index is -0.401. The maximum Gasteiger partial charge on any atom is 0.254 e. The highest BCUT2D eigenvalue weighted by Gasteiger charge is 2.22. The summed E-state index contributed by atoms with van der Waals surface area (Å²) in [5, 5.41) is 0. The Balaban J connectivity index is 2.14. The molecule has 0 unspecified atom stereocenters. The number of aryl methyl sites for hydroxylation is 1. The van der Waals surface area contributed by atoms with Crippen molar-refractivity contribution in [2.24, 2.45) is 7.05 Å². The van der Waals surface area contributed by atoms with Gasteiger partial charge in [-0.25, -0.2) is 4.39 Å². The van der Waals surface area contributed by atoms with E-state index in [2.05, 4.69) is 6.92 Å². The Morgan fingerprint density at radius 1 is 1.07 bits per heavy atom. The molecule has 0 saturated heterocycles. The van der Waals surface area contributed by atoms with Crippen LogP contribution in [-0.2, 0) is 23.1 Å². The molecule has 0 fully saturated rings. The summed E-state index contributed by atoms with van der Waals surface area (Å²) in [6, 6.07) is 9.35. The lowest BCUT2D eigenvalue weighted by atomic mass is 10.2. The van der Waals surface area contributed by atoms with E-state index in [-0.39, 0.29) is 18.4 Å². The van der Waals surface area contributed by atoms with Crippen LogP contribution < -0.4 is 0 Å². The first-order valence-corrected chi connectivity index (χ1v) is 10.4. The predicted octanol–water partition coefficient (Wildman–Crippen LogP) is 3.47. The molecule has 2 rings (SSSR count). The van der Waals surface area contributed by atoms with Gasteiger partial charge in [0.1, 0.15) is 12.4 Å². The second-order valence-corrected chi connectivity index (χ2v) is 7.36. The van der Waals surface area contributed by atoms with Gasteiger partial charge in [0.2, 0.25) is 5.91 Å². The van der Waals surface area contributed by atoms with Gasteiger partial charge in [0.25, 0.3) is 5.91 Å². The Morgan fingerprint density at radius 2 is 1.77 bits per heavy atom. The number of ether oxygens (including phenoxy) is 1. The van der Waals surface area contributed by atoms with Crippen LogP contribution in [0.1, 0.15) is 42.2 Å². The summed E-state index contributed by atoms with van der Waals surface area (Å²) >= 11 is 0. The number of carbonyl (C=O) groups is 2. The maximum absolute atomic E-state index is 13.2. The van der Waals surface area contributed by atoms with E-state index in [1.54, 1.807) is 12.0 Å². The number of methoxy groups -OCH3 is 1. The summed E-state index contributed by atoms with van der Waals surface area (Å²) in [5.41, 5.74) is 1.40.